The number of aliphatic hydroxyl groups excluding tert-OH is 1. The third kappa shape index (κ3) is 4.89. The Balaban J connectivity index is 1.23. The Morgan fingerprint density at radius 3 is 2.26 bits per heavy atom. The molecule has 0 aromatic carbocycles. The molecule has 0 spiro atoms. The van der Waals surface area contributed by atoms with Gasteiger partial charge in [-0.25, -0.2) is 0 Å². The van der Waals surface area contributed by atoms with E-state index in [1.165, 1.54) is 51.4 Å². The molecule has 0 amide bonds. The summed E-state index contributed by atoms with van der Waals surface area (Å²) in [5.41, 5.74) is 0. The van der Waals surface area contributed by atoms with E-state index in [-0.39, 0.29) is 30.9 Å². The lowest BCUT2D eigenvalue weighted by Crippen LogP contribution is -2.56. The van der Waals surface area contributed by atoms with Gasteiger partial charge >= 0.3 is 0 Å². The van der Waals surface area contributed by atoms with E-state index in [4.69, 9.17) is 18.9 Å². The minimum atomic E-state index is -0.576. The van der Waals surface area contributed by atoms with Crippen molar-refractivity contribution in [1.82, 2.24) is 0 Å². The smallest absolute Gasteiger partial charge is 0.187 e. The van der Waals surface area contributed by atoms with E-state index in [0.717, 1.165) is 12.8 Å². The number of aliphatic hydroxyl groups is 1. The van der Waals surface area contributed by atoms with Crippen LogP contribution < -0.4 is 0 Å². The Labute approximate surface area is 139 Å². The first kappa shape index (κ1) is 17.6. The minimum Gasteiger partial charge on any atom is -0.387 e. The fourth-order valence-corrected chi connectivity index (χ4v) is 3.61. The average molecular weight is 328 g/mol. The summed E-state index contributed by atoms with van der Waals surface area (Å²) in [6.45, 7) is 2.75. The van der Waals surface area contributed by atoms with Gasteiger partial charge in [0.05, 0.1) is 6.61 Å². The predicted octanol–water partition coefficient (Wildman–Crippen LogP) is 3.13. The molecule has 3 fully saturated rings. The average Bonchev–Trinajstić information content (AvgIpc) is 3.34. The number of fused-ring (bicyclic) bond motifs is 2. The fourth-order valence-electron chi connectivity index (χ4n) is 3.61. The lowest BCUT2D eigenvalue weighted by Gasteiger charge is -2.40. The van der Waals surface area contributed by atoms with Crippen molar-refractivity contribution in [2.75, 3.05) is 6.61 Å². The van der Waals surface area contributed by atoms with Gasteiger partial charge in [0.2, 0.25) is 0 Å². The second-order valence-electron chi connectivity index (χ2n) is 7.11. The molecule has 0 radical (unpaired) electrons. The van der Waals surface area contributed by atoms with Crippen molar-refractivity contribution >= 4 is 0 Å². The molecule has 3 heterocycles. The van der Waals surface area contributed by atoms with Gasteiger partial charge in [0, 0.05) is 0 Å². The van der Waals surface area contributed by atoms with Crippen LogP contribution in [-0.2, 0) is 18.9 Å². The van der Waals surface area contributed by atoms with Gasteiger partial charge in [-0.2, -0.15) is 0 Å². The quantitative estimate of drug-likeness (QED) is 0.493. The molecule has 0 bridgehead atoms. The Bertz CT molecular complexity index is 350. The SMILES string of the molecule is CCCCCCCCCCCC1OCC2OC3OC3C(O)C2O1. The Morgan fingerprint density at radius 2 is 1.52 bits per heavy atom. The molecule has 3 aliphatic heterocycles. The van der Waals surface area contributed by atoms with E-state index < -0.39 is 6.10 Å². The summed E-state index contributed by atoms with van der Waals surface area (Å²) in [4.78, 5) is 0. The van der Waals surface area contributed by atoms with Crippen molar-refractivity contribution in [3.63, 3.8) is 0 Å². The van der Waals surface area contributed by atoms with Crippen LogP contribution >= 0.6 is 0 Å². The van der Waals surface area contributed by atoms with Crippen LogP contribution in [0.3, 0.4) is 0 Å². The van der Waals surface area contributed by atoms with Crippen molar-refractivity contribution in [1.29, 1.82) is 0 Å². The molecule has 134 valence electrons. The zero-order valence-electron chi connectivity index (χ0n) is 14.3. The molecule has 6 atom stereocenters. The van der Waals surface area contributed by atoms with Crippen molar-refractivity contribution in [2.24, 2.45) is 0 Å². The summed E-state index contributed by atoms with van der Waals surface area (Å²) in [7, 11) is 0. The topological polar surface area (TPSA) is 60.5 Å². The Hall–Kier alpha value is -0.200. The van der Waals surface area contributed by atoms with E-state index in [1.54, 1.807) is 0 Å². The molecule has 6 unspecified atom stereocenters. The summed E-state index contributed by atoms with van der Waals surface area (Å²) >= 11 is 0. The molecule has 3 aliphatic rings. The van der Waals surface area contributed by atoms with E-state index in [1.807, 2.05) is 0 Å². The summed E-state index contributed by atoms with van der Waals surface area (Å²) in [6, 6.07) is 0. The largest absolute Gasteiger partial charge is 0.387 e. The maximum absolute atomic E-state index is 10.2. The molecule has 23 heavy (non-hydrogen) atoms. The first-order valence-corrected chi connectivity index (χ1v) is 9.55. The van der Waals surface area contributed by atoms with Crippen LogP contribution in [0.25, 0.3) is 0 Å². The number of unbranched alkanes of at least 4 members (excludes halogenated alkanes) is 8. The van der Waals surface area contributed by atoms with Gasteiger partial charge in [-0.3, -0.25) is 0 Å². The molecule has 0 aromatic rings. The predicted molar refractivity (Wildman–Crippen MR) is 86.0 cm³/mol. The number of rotatable bonds is 10. The van der Waals surface area contributed by atoms with E-state index in [9.17, 15) is 5.11 Å². The van der Waals surface area contributed by atoms with Crippen LogP contribution in [0.1, 0.15) is 71.1 Å². The number of hydrogen-bond acceptors (Lipinski definition) is 5. The second-order valence-corrected chi connectivity index (χ2v) is 7.11. The molecule has 0 aliphatic carbocycles. The van der Waals surface area contributed by atoms with E-state index in [0.29, 0.717) is 6.61 Å². The van der Waals surface area contributed by atoms with Crippen molar-refractivity contribution in [3.05, 3.63) is 0 Å². The highest BCUT2D eigenvalue weighted by molar-refractivity contribution is 4.99. The van der Waals surface area contributed by atoms with Crippen molar-refractivity contribution in [3.8, 4) is 0 Å². The number of epoxide rings is 1. The molecule has 1 N–H and O–H groups in total. The van der Waals surface area contributed by atoms with Gasteiger partial charge < -0.3 is 24.1 Å². The van der Waals surface area contributed by atoms with Crippen LogP contribution in [0.2, 0.25) is 0 Å². The van der Waals surface area contributed by atoms with E-state index in [2.05, 4.69) is 6.92 Å². The molecule has 5 nitrogen and oxygen atoms in total. The first-order chi connectivity index (χ1) is 11.3. The molecule has 3 saturated heterocycles. The van der Waals surface area contributed by atoms with Gasteiger partial charge in [-0.15, -0.1) is 0 Å². The van der Waals surface area contributed by atoms with Gasteiger partial charge in [0.15, 0.2) is 12.6 Å². The maximum Gasteiger partial charge on any atom is 0.187 e. The third-order valence-electron chi connectivity index (χ3n) is 5.13. The van der Waals surface area contributed by atoms with Gasteiger partial charge in [-0.1, -0.05) is 58.3 Å². The van der Waals surface area contributed by atoms with Crippen molar-refractivity contribution in [2.45, 2.75) is 108 Å². The zero-order valence-corrected chi connectivity index (χ0v) is 14.3. The molecule has 5 heteroatoms. The number of hydrogen-bond donors (Lipinski definition) is 1. The lowest BCUT2D eigenvalue weighted by atomic mass is 10.0. The number of ether oxygens (including phenoxy) is 4. The third-order valence-corrected chi connectivity index (χ3v) is 5.13. The molecule has 3 rings (SSSR count). The molecular weight excluding hydrogens is 296 g/mol. The highest BCUT2D eigenvalue weighted by Gasteiger charge is 2.58. The molecular formula is C18H32O5. The van der Waals surface area contributed by atoms with Gasteiger partial charge in [-0.05, 0) is 12.8 Å². The summed E-state index contributed by atoms with van der Waals surface area (Å²) in [5.74, 6) is 0. The molecule has 0 saturated carbocycles. The van der Waals surface area contributed by atoms with Gasteiger partial charge in [0.1, 0.15) is 24.4 Å². The highest BCUT2D eigenvalue weighted by atomic mass is 16.8. The zero-order chi connectivity index (χ0) is 16.1. The van der Waals surface area contributed by atoms with Crippen LogP contribution in [0, 0.1) is 0 Å². The first-order valence-electron chi connectivity index (χ1n) is 9.55. The summed E-state index contributed by atoms with van der Waals surface area (Å²) in [5, 5.41) is 10.2. The normalized spacial score (nSPS) is 38.9. The minimum absolute atomic E-state index is 0.187. The summed E-state index contributed by atoms with van der Waals surface area (Å²) < 4.78 is 22.5. The van der Waals surface area contributed by atoms with Crippen LogP contribution in [0.4, 0.5) is 0 Å². The monoisotopic (exact) mass is 328 g/mol. The van der Waals surface area contributed by atoms with Crippen LogP contribution in [0.15, 0.2) is 0 Å². The Kier molecular flexibility index (Phi) is 6.72. The van der Waals surface area contributed by atoms with Crippen molar-refractivity contribution < 1.29 is 24.1 Å². The van der Waals surface area contributed by atoms with Crippen LogP contribution in [0.5, 0.6) is 0 Å². The van der Waals surface area contributed by atoms with E-state index >= 15 is 0 Å². The molecule has 0 aromatic heterocycles. The second kappa shape index (κ2) is 8.77. The Morgan fingerprint density at radius 1 is 0.826 bits per heavy atom. The van der Waals surface area contributed by atoms with Gasteiger partial charge in [0.25, 0.3) is 0 Å². The maximum atomic E-state index is 10.2. The highest BCUT2D eigenvalue weighted by Crippen LogP contribution is 2.39. The standard InChI is InChI=1S/C18H32O5/c1-2-3-4-5-6-7-8-9-10-11-14-20-12-13-16(22-14)15(19)17-18(21-13)23-17/h13-19H,2-12H2,1H3. The fraction of sp³-hybridized carbons (Fsp3) is 1.00. The van der Waals surface area contributed by atoms with Crippen LogP contribution in [-0.4, -0.2) is 48.7 Å². The lowest BCUT2D eigenvalue weighted by molar-refractivity contribution is -0.294. The summed E-state index contributed by atoms with van der Waals surface area (Å²) in [6.07, 6.45) is 11.0.